The molecule has 0 bridgehead atoms. The summed E-state index contributed by atoms with van der Waals surface area (Å²) in [7, 11) is 0. The molecule has 0 radical (unpaired) electrons. The predicted molar refractivity (Wildman–Crippen MR) is 107 cm³/mol. The highest BCUT2D eigenvalue weighted by atomic mass is 16.2. The van der Waals surface area contributed by atoms with Crippen LogP contribution in [0.15, 0.2) is 18.6 Å². The summed E-state index contributed by atoms with van der Waals surface area (Å²) in [6.07, 6.45) is 9.00. The summed E-state index contributed by atoms with van der Waals surface area (Å²) in [6, 6.07) is 0.188. The van der Waals surface area contributed by atoms with E-state index in [4.69, 9.17) is 4.98 Å². The van der Waals surface area contributed by atoms with Crippen LogP contribution in [0.1, 0.15) is 79.6 Å². The number of hydrogen-bond acceptors (Lipinski definition) is 5. The maximum atomic E-state index is 12.9. The van der Waals surface area contributed by atoms with Crippen molar-refractivity contribution in [2.24, 2.45) is 0 Å². The van der Waals surface area contributed by atoms with Gasteiger partial charge in [-0.15, -0.1) is 0 Å². The number of fused-ring (bicyclic) bond motifs is 1. The van der Waals surface area contributed by atoms with Crippen molar-refractivity contribution in [3.8, 4) is 0 Å². The van der Waals surface area contributed by atoms with Gasteiger partial charge in [-0.05, 0) is 33.1 Å². The smallest absolute Gasteiger partial charge is 0.257 e. The molecule has 1 unspecified atom stereocenters. The third kappa shape index (κ3) is 3.88. The van der Waals surface area contributed by atoms with Gasteiger partial charge in [0, 0.05) is 57.0 Å². The molecule has 4 heterocycles. The first-order valence-electron chi connectivity index (χ1n) is 10.4. The van der Waals surface area contributed by atoms with Crippen molar-refractivity contribution in [3.05, 3.63) is 41.2 Å². The number of carbonyl (C=O) groups excluding carboxylic acids is 2. The number of amides is 2. The number of carbonyl (C=O) groups is 2. The molecule has 8 heteroatoms. The zero-order chi connectivity index (χ0) is 20.5. The third-order valence-electron chi connectivity index (χ3n) is 5.82. The number of rotatable bonds is 3. The monoisotopic (exact) mass is 396 g/mol. The molecule has 29 heavy (non-hydrogen) atoms. The molecule has 1 saturated heterocycles. The molecule has 0 aromatic carbocycles. The molecular weight excluding hydrogens is 368 g/mol. The molecule has 1 atom stereocenters. The minimum absolute atomic E-state index is 0.0124. The van der Waals surface area contributed by atoms with Gasteiger partial charge < -0.3 is 9.80 Å². The Morgan fingerprint density at radius 3 is 2.72 bits per heavy atom. The van der Waals surface area contributed by atoms with Gasteiger partial charge in [0.2, 0.25) is 5.91 Å². The van der Waals surface area contributed by atoms with Gasteiger partial charge in [-0.2, -0.15) is 5.10 Å². The number of piperidine rings is 1. The first-order chi connectivity index (χ1) is 13.9. The maximum Gasteiger partial charge on any atom is 0.257 e. The summed E-state index contributed by atoms with van der Waals surface area (Å²) in [6.45, 7) is 7.58. The quantitative estimate of drug-likeness (QED) is 0.796. The summed E-state index contributed by atoms with van der Waals surface area (Å²) in [4.78, 5) is 38.0. The Balaban J connectivity index is 1.50. The normalized spacial score (nSPS) is 19.4. The second-order valence-electron chi connectivity index (χ2n) is 8.20. The van der Waals surface area contributed by atoms with Crippen LogP contribution in [-0.4, -0.2) is 54.5 Å². The number of hydrogen-bond donors (Lipinski definition) is 0. The molecule has 1 fully saturated rings. The van der Waals surface area contributed by atoms with Gasteiger partial charge in [0.25, 0.3) is 5.91 Å². The zero-order valence-electron chi connectivity index (χ0n) is 17.3. The molecule has 154 valence electrons. The van der Waals surface area contributed by atoms with Gasteiger partial charge in [0.15, 0.2) is 5.82 Å². The maximum absolute atomic E-state index is 12.9. The first-order valence-corrected chi connectivity index (χ1v) is 10.4. The molecule has 0 spiro atoms. The van der Waals surface area contributed by atoms with E-state index >= 15 is 0 Å². The SMILES string of the molecule is CC(=O)N1CCCCC1c1ncc2c(n1)CCN(C(=O)c1cnn(C(C)C)c1)C2. The molecule has 4 rings (SSSR count). The van der Waals surface area contributed by atoms with Crippen LogP contribution in [0.5, 0.6) is 0 Å². The molecule has 0 N–H and O–H groups in total. The van der Waals surface area contributed by atoms with Crippen LogP contribution in [0.2, 0.25) is 0 Å². The number of aromatic nitrogens is 4. The van der Waals surface area contributed by atoms with Crippen LogP contribution < -0.4 is 0 Å². The fourth-order valence-electron chi connectivity index (χ4n) is 4.16. The third-order valence-corrected chi connectivity index (χ3v) is 5.82. The van der Waals surface area contributed by atoms with Gasteiger partial charge in [-0.3, -0.25) is 14.3 Å². The van der Waals surface area contributed by atoms with Crippen LogP contribution in [-0.2, 0) is 17.8 Å². The Hall–Kier alpha value is -2.77. The van der Waals surface area contributed by atoms with E-state index in [1.165, 1.54) is 0 Å². The van der Waals surface area contributed by atoms with Crippen molar-refractivity contribution in [1.82, 2.24) is 29.5 Å². The van der Waals surface area contributed by atoms with Crippen molar-refractivity contribution in [2.45, 2.75) is 65.1 Å². The highest BCUT2D eigenvalue weighted by Gasteiger charge is 2.30. The average Bonchev–Trinajstić information content (AvgIpc) is 3.23. The van der Waals surface area contributed by atoms with E-state index in [-0.39, 0.29) is 23.9 Å². The Labute approximate surface area is 170 Å². The van der Waals surface area contributed by atoms with Gasteiger partial charge in [0.05, 0.1) is 23.5 Å². The van der Waals surface area contributed by atoms with Crippen LogP contribution >= 0.6 is 0 Å². The van der Waals surface area contributed by atoms with E-state index in [1.807, 2.05) is 36.0 Å². The Kier molecular flexibility index (Phi) is 5.34. The Morgan fingerprint density at radius 2 is 2.00 bits per heavy atom. The van der Waals surface area contributed by atoms with E-state index < -0.39 is 0 Å². The minimum atomic E-state index is -0.0342. The molecule has 2 aromatic rings. The lowest BCUT2D eigenvalue weighted by atomic mass is 10.0. The Bertz CT molecular complexity index is 922. The fraction of sp³-hybridized carbons (Fsp3) is 0.571. The Morgan fingerprint density at radius 1 is 1.17 bits per heavy atom. The van der Waals surface area contributed by atoms with E-state index in [0.717, 1.165) is 42.9 Å². The zero-order valence-corrected chi connectivity index (χ0v) is 17.3. The number of likely N-dealkylation sites (tertiary alicyclic amines) is 1. The van der Waals surface area contributed by atoms with Crippen molar-refractivity contribution in [2.75, 3.05) is 13.1 Å². The largest absolute Gasteiger partial charge is 0.334 e. The summed E-state index contributed by atoms with van der Waals surface area (Å²) in [5, 5.41) is 4.27. The molecular formula is C21H28N6O2. The second-order valence-corrected chi connectivity index (χ2v) is 8.20. The molecule has 2 amide bonds. The van der Waals surface area contributed by atoms with E-state index in [1.54, 1.807) is 17.8 Å². The molecule has 8 nitrogen and oxygen atoms in total. The van der Waals surface area contributed by atoms with Gasteiger partial charge in [-0.1, -0.05) is 0 Å². The molecule has 0 aliphatic carbocycles. The van der Waals surface area contributed by atoms with Crippen molar-refractivity contribution in [1.29, 1.82) is 0 Å². The summed E-state index contributed by atoms with van der Waals surface area (Å²) < 4.78 is 1.80. The van der Waals surface area contributed by atoms with E-state index in [0.29, 0.717) is 25.1 Å². The van der Waals surface area contributed by atoms with Gasteiger partial charge in [0.1, 0.15) is 0 Å². The van der Waals surface area contributed by atoms with Gasteiger partial charge in [-0.25, -0.2) is 9.97 Å². The van der Waals surface area contributed by atoms with Crippen LogP contribution in [0, 0.1) is 0 Å². The summed E-state index contributed by atoms with van der Waals surface area (Å²) >= 11 is 0. The van der Waals surface area contributed by atoms with Crippen molar-refractivity contribution in [3.63, 3.8) is 0 Å². The fourth-order valence-corrected chi connectivity index (χ4v) is 4.16. The molecule has 2 aromatic heterocycles. The van der Waals surface area contributed by atoms with Crippen LogP contribution in [0.4, 0.5) is 0 Å². The van der Waals surface area contributed by atoms with E-state index in [2.05, 4.69) is 10.1 Å². The van der Waals surface area contributed by atoms with Crippen LogP contribution in [0.25, 0.3) is 0 Å². The highest BCUT2D eigenvalue weighted by Crippen LogP contribution is 2.30. The lowest BCUT2D eigenvalue weighted by molar-refractivity contribution is -0.132. The lowest BCUT2D eigenvalue weighted by Crippen LogP contribution is -2.39. The first kappa shape index (κ1) is 19.5. The average molecular weight is 396 g/mol. The highest BCUT2D eigenvalue weighted by molar-refractivity contribution is 5.93. The second kappa shape index (κ2) is 7.93. The van der Waals surface area contributed by atoms with Crippen LogP contribution in [0.3, 0.4) is 0 Å². The van der Waals surface area contributed by atoms with E-state index in [9.17, 15) is 9.59 Å². The molecule has 2 aliphatic heterocycles. The number of nitrogens with zero attached hydrogens (tertiary/aromatic N) is 6. The standard InChI is InChI=1S/C21H28N6O2/c1-14(2)27-13-17(11-23-27)21(29)25-9-7-18-16(12-25)10-22-20(24-18)19-6-4-5-8-26(19)15(3)28/h10-11,13-14,19H,4-9,12H2,1-3H3. The topological polar surface area (TPSA) is 84.2 Å². The molecule has 2 aliphatic rings. The summed E-state index contributed by atoms with van der Waals surface area (Å²) in [5.74, 6) is 0.799. The van der Waals surface area contributed by atoms with Crippen molar-refractivity contribution >= 4 is 11.8 Å². The minimum Gasteiger partial charge on any atom is -0.334 e. The lowest BCUT2D eigenvalue weighted by Gasteiger charge is -2.35. The molecule has 0 saturated carbocycles. The summed E-state index contributed by atoms with van der Waals surface area (Å²) in [5.41, 5.74) is 2.58. The predicted octanol–water partition coefficient (Wildman–Crippen LogP) is 2.53. The van der Waals surface area contributed by atoms with Crippen molar-refractivity contribution < 1.29 is 9.59 Å². The van der Waals surface area contributed by atoms with Gasteiger partial charge >= 0.3 is 0 Å².